The number of aromatic nitrogens is 1. The highest BCUT2D eigenvalue weighted by atomic mass is 16.4. The Hall–Kier alpha value is -3.34. The second-order valence-corrected chi connectivity index (χ2v) is 6.89. The minimum absolute atomic E-state index is 0.488. The topological polar surface area (TPSA) is 61.9 Å². The number of pyridine rings is 1. The lowest BCUT2D eigenvalue weighted by atomic mass is 10.1. The molecule has 0 bridgehead atoms. The van der Waals surface area contributed by atoms with Gasteiger partial charge in [-0.2, -0.15) is 0 Å². The molecule has 1 saturated heterocycles. The van der Waals surface area contributed by atoms with Gasteiger partial charge in [0.05, 0.1) is 0 Å². The van der Waals surface area contributed by atoms with E-state index in [4.69, 9.17) is 4.42 Å². The number of anilines is 1. The predicted molar refractivity (Wildman–Crippen MR) is 106 cm³/mol. The van der Waals surface area contributed by atoms with E-state index in [9.17, 15) is 5.21 Å². The van der Waals surface area contributed by atoms with Gasteiger partial charge in [-0.15, -0.1) is 0 Å². The normalized spacial score (nSPS) is 15.1. The smallest absolute Gasteiger partial charge is 0.155 e. The molecule has 3 heterocycles. The van der Waals surface area contributed by atoms with Crippen LogP contribution in [0.2, 0.25) is 0 Å². The van der Waals surface area contributed by atoms with Crippen LogP contribution in [-0.4, -0.2) is 23.3 Å². The summed E-state index contributed by atoms with van der Waals surface area (Å²) in [6, 6.07) is 17.8. The average molecular weight is 357 g/mol. The molecular weight excluding hydrogens is 338 g/mol. The molecule has 0 atom stereocenters. The minimum atomic E-state index is 0.488. The number of fused-ring (bicyclic) bond motifs is 2. The fourth-order valence-electron chi connectivity index (χ4n) is 3.76. The fraction of sp³-hybridized carbons (Fsp3) is 0.182. The van der Waals surface area contributed by atoms with Gasteiger partial charge in [-0.1, -0.05) is 29.4 Å². The van der Waals surface area contributed by atoms with E-state index in [1.165, 1.54) is 12.8 Å². The first-order valence-electron chi connectivity index (χ1n) is 9.18. The predicted octanol–water partition coefficient (Wildman–Crippen LogP) is 4.54. The summed E-state index contributed by atoms with van der Waals surface area (Å²) in [5.74, 6) is 0.579. The van der Waals surface area contributed by atoms with E-state index < -0.39 is 0 Å². The molecule has 2 aromatic heterocycles. The molecule has 1 fully saturated rings. The lowest BCUT2D eigenvalue weighted by Crippen LogP contribution is -2.17. The van der Waals surface area contributed by atoms with Gasteiger partial charge in [0, 0.05) is 41.8 Å². The van der Waals surface area contributed by atoms with Crippen molar-refractivity contribution in [2.75, 3.05) is 18.0 Å². The Balaban J connectivity index is 1.66. The summed E-state index contributed by atoms with van der Waals surface area (Å²) >= 11 is 0. The Bertz CT molecular complexity index is 1210. The van der Waals surface area contributed by atoms with E-state index in [2.05, 4.69) is 21.1 Å². The molecule has 5 rings (SSSR count). The van der Waals surface area contributed by atoms with Crippen LogP contribution in [-0.2, 0) is 0 Å². The van der Waals surface area contributed by atoms with Crippen LogP contribution in [0.1, 0.15) is 12.8 Å². The Labute approximate surface area is 156 Å². The van der Waals surface area contributed by atoms with Gasteiger partial charge in [0.15, 0.2) is 5.76 Å². The first-order valence-corrected chi connectivity index (χ1v) is 9.18. The average Bonchev–Trinajstić information content (AvgIpc) is 3.27. The van der Waals surface area contributed by atoms with E-state index in [1.807, 2.05) is 48.7 Å². The molecule has 0 unspecified atom stereocenters. The highest BCUT2D eigenvalue weighted by Gasteiger charge is 2.14. The summed E-state index contributed by atoms with van der Waals surface area (Å²) in [5, 5.41) is 16.5. The van der Waals surface area contributed by atoms with Crippen molar-refractivity contribution in [1.82, 2.24) is 4.98 Å². The SMILES string of the molecule is ON=c1cc(-c2cc3ccccc3cn2)oc2ccc(N3CCCC3)cc12. The van der Waals surface area contributed by atoms with Crippen LogP contribution in [0.25, 0.3) is 33.2 Å². The zero-order chi connectivity index (χ0) is 18.2. The van der Waals surface area contributed by atoms with Crippen molar-refractivity contribution in [3.8, 4) is 11.5 Å². The molecular formula is C22H19N3O2. The van der Waals surface area contributed by atoms with Gasteiger partial charge < -0.3 is 14.5 Å². The Morgan fingerprint density at radius 2 is 1.78 bits per heavy atom. The van der Waals surface area contributed by atoms with Crippen molar-refractivity contribution in [1.29, 1.82) is 0 Å². The molecule has 0 aliphatic carbocycles. The minimum Gasteiger partial charge on any atom is -0.454 e. The molecule has 1 aliphatic heterocycles. The molecule has 1 N–H and O–H groups in total. The zero-order valence-corrected chi connectivity index (χ0v) is 14.8. The fourth-order valence-corrected chi connectivity index (χ4v) is 3.76. The second kappa shape index (κ2) is 6.43. The summed E-state index contributed by atoms with van der Waals surface area (Å²) in [7, 11) is 0. The number of benzene rings is 2. The third kappa shape index (κ3) is 2.81. The van der Waals surface area contributed by atoms with Crippen molar-refractivity contribution >= 4 is 27.4 Å². The molecule has 2 aromatic carbocycles. The highest BCUT2D eigenvalue weighted by Crippen LogP contribution is 2.27. The molecule has 5 nitrogen and oxygen atoms in total. The summed E-state index contributed by atoms with van der Waals surface area (Å²) < 4.78 is 6.10. The highest BCUT2D eigenvalue weighted by molar-refractivity contribution is 5.86. The lowest BCUT2D eigenvalue weighted by molar-refractivity contribution is 0.302. The number of hydrogen-bond donors (Lipinski definition) is 1. The van der Waals surface area contributed by atoms with Crippen LogP contribution in [0, 0.1) is 0 Å². The van der Waals surface area contributed by atoms with Crippen molar-refractivity contribution in [3.63, 3.8) is 0 Å². The van der Waals surface area contributed by atoms with Gasteiger partial charge in [0.25, 0.3) is 0 Å². The summed E-state index contributed by atoms with van der Waals surface area (Å²) in [6.45, 7) is 2.13. The molecule has 0 radical (unpaired) electrons. The Morgan fingerprint density at radius 1 is 0.963 bits per heavy atom. The lowest BCUT2D eigenvalue weighted by Gasteiger charge is -2.17. The van der Waals surface area contributed by atoms with Crippen LogP contribution in [0.3, 0.4) is 0 Å². The van der Waals surface area contributed by atoms with Crippen molar-refractivity contribution in [2.45, 2.75) is 12.8 Å². The second-order valence-electron chi connectivity index (χ2n) is 6.89. The number of hydrogen-bond acceptors (Lipinski definition) is 5. The number of rotatable bonds is 2. The van der Waals surface area contributed by atoms with Gasteiger partial charge in [0.1, 0.15) is 16.6 Å². The number of nitrogens with zero attached hydrogens (tertiary/aromatic N) is 3. The van der Waals surface area contributed by atoms with Crippen LogP contribution >= 0.6 is 0 Å². The van der Waals surface area contributed by atoms with Crippen LogP contribution in [0.4, 0.5) is 5.69 Å². The standard InChI is InChI=1S/C22H19N3O2/c26-24-19-13-22(20-11-15-5-1-2-6-16(15)14-23-20)27-21-8-7-17(12-18(19)21)25-9-3-4-10-25/h1-2,5-8,11-14,26H,3-4,9-10H2. The van der Waals surface area contributed by atoms with E-state index >= 15 is 0 Å². The zero-order valence-electron chi connectivity index (χ0n) is 14.8. The van der Waals surface area contributed by atoms with Gasteiger partial charge in [-0.25, -0.2) is 0 Å². The van der Waals surface area contributed by atoms with Crippen LogP contribution in [0.5, 0.6) is 0 Å². The van der Waals surface area contributed by atoms with Crippen molar-refractivity contribution in [2.24, 2.45) is 5.16 Å². The van der Waals surface area contributed by atoms with E-state index in [0.717, 1.165) is 34.9 Å². The van der Waals surface area contributed by atoms with Crippen molar-refractivity contribution in [3.05, 3.63) is 66.2 Å². The monoisotopic (exact) mass is 357 g/mol. The molecule has 27 heavy (non-hydrogen) atoms. The molecule has 5 heteroatoms. The third-order valence-corrected chi connectivity index (χ3v) is 5.19. The maximum Gasteiger partial charge on any atom is 0.155 e. The molecule has 0 spiro atoms. The molecule has 0 saturated carbocycles. The first-order chi connectivity index (χ1) is 13.3. The maximum absolute atomic E-state index is 9.58. The van der Waals surface area contributed by atoms with Crippen LogP contribution < -0.4 is 10.3 Å². The van der Waals surface area contributed by atoms with Crippen molar-refractivity contribution < 1.29 is 9.62 Å². The Morgan fingerprint density at radius 3 is 2.59 bits per heavy atom. The summed E-state index contributed by atoms with van der Waals surface area (Å²) in [6.07, 6.45) is 4.26. The quantitative estimate of drug-likeness (QED) is 0.423. The summed E-state index contributed by atoms with van der Waals surface area (Å²) in [5.41, 5.74) is 2.53. The van der Waals surface area contributed by atoms with Crippen LogP contribution in [0.15, 0.2) is 70.4 Å². The van der Waals surface area contributed by atoms with Gasteiger partial charge in [-0.05, 0) is 42.5 Å². The first kappa shape index (κ1) is 15.9. The Kier molecular flexibility index (Phi) is 3.78. The molecule has 0 amide bonds. The molecule has 4 aromatic rings. The van der Waals surface area contributed by atoms with Gasteiger partial charge in [-0.3, -0.25) is 4.98 Å². The van der Waals surface area contributed by atoms with Gasteiger partial charge >= 0.3 is 0 Å². The van der Waals surface area contributed by atoms with E-state index in [-0.39, 0.29) is 0 Å². The molecule has 1 aliphatic rings. The van der Waals surface area contributed by atoms with Gasteiger partial charge in [0.2, 0.25) is 0 Å². The summed E-state index contributed by atoms with van der Waals surface area (Å²) in [4.78, 5) is 6.86. The molecule has 134 valence electrons. The van der Waals surface area contributed by atoms with E-state index in [1.54, 1.807) is 6.07 Å². The van der Waals surface area contributed by atoms with E-state index in [0.29, 0.717) is 22.4 Å². The largest absolute Gasteiger partial charge is 0.454 e. The maximum atomic E-state index is 9.58. The third-order valence-electron chi connectivity index (χ3n) is 5.19.